The van der Waals surface area contributed by atoms with E-state index in [0.717, 1.165) is 12.1 Å². The molecule has 0 spiro atoms. The Hall–Kier alpha value is -3.43. The average Bonchev–Trinajstić information content (AvgIpc) is 2.73. The first kappa shape index (κ1) is 25.2. The molecule has 1 heterocycles. The third-order valence-corrected chi connectivity index (χ3v) is 4.63. The van der Waals surface area contributed by atoms with Crippen LogP contribution in [0.4, 0.5) is 25.0 Å². The highest BCUT2D eigenvalue weighted by Crippen LogP contribution is 2.34. The van der Waals surface area contributed by atoms with Crippen molar-refractivity contribution < 1.29 is 27.8 Å². The molecule has 1 aromatic heterocycles. The first-order valence-corrected chi connectivity index (χ1v) is 10.6. The summed E-state index contributed by atoms with van der Waals surface area (Å²) >= 11 is 12.1. The van der Waals surface area contributed by atoms with Crippen molar-refractivity contribution in [3.63, 3.8) is 0 Å². The van der Waals surface area contributed by atoms with Crippen LogP contribution < -0.4 is 15.4 Å². The van der Waals surface area contributed by atoms with Gasteiger partial charge in [0.1, 0.15) is 22.7 Å². The number of ether oxygens (including phenoxy) is 2. The molecule has 11 heteroatoms. The lowest BCUT2D eigenvalue weighted by molar-refractivity contribution is 0.0635. The second-order valence-electron chi connectivity index (χ2n) is 7.94. The van der Waals surface area contributed by atoms with Gasteiger partial charge in [0.25, 0.3) is 5.91 Å². The van der Waals surface area contributed by atoms with Crippen LogP contribution in [-0.2, 0) is 4.74 Å². The Bertz CT molecular complexity index is 1250. The van der Waals surface area contributed by atoms with Crippen LogP contribution in [0.1, 0.15) is 31.1 Å². The van der Waals surface area contributed by atoms with Gasteiger partial charge in [-0.15, -0.1) is 0 Å². The molecule has 2 N–H and O–H groups in total. The van der Waals surface area contributed by atoms with Gasteiger partial charge in [0, 0.05) is 35.6 Å². The maximum atomic E-state index is 13.9. The fraction of sp³-hybridized carbons (Fsp3) is 0.174. The first-order valence-electron chi connectivity index (χ1n) is 9.80. The number of nitrogens with one attached hydrogen (secondary N) is 2. The molecule has 34 heavy (non-hydrogen) atoms. The molecule has 0 aliphatic rings. The molecule has 0 aliphatic heterocycles. The fourth-order valence-corrected chi connectivity index (χ4v) is 2.99. The molecule has 3 aromatic rings. The molecule has 0 unspecified atom stereocenters. The molecule has 0 saturated carbocycles. The number of carbonyl (C=O) groups excluding carboxylic acids is 2. The summed E-state index contributed by atoms with van der Waals surface area (Å²) in [5, 5.41) is 5.33. The summed E-state index contributed by atoms with van der Waals surface area (Å²) in [6.07, 6.45) is 1.68. The molecule has 0 saturated heterocycles. The van der Waals surface area contributed by atoms with Gasteiger partial charge < -0.3 is 14.8 Å². The molecular formula is C23H19Cl2F2N3O4. The summed E-state index contributed by atoms with van der Waals surface area (Å²) in [6, 6.07) is 7.42. The van der Waals surface area contributed by atoms with Gasteiger partial charge in [0.15, 0.2) is 11.6 Å². The van der Waals surface area contributed by atoms with E-state index in [9.17, 15) is 18.4 Å². The summed E-state index contributed by atoms with van der Waals surface area (Å²) in [5.41, 5.74) is -1.32. The van der Waals surface area contributed by atoms with Crippen molar-refractivity contribution in [3.05, 3.63) is 76.0 Å². The number of benzene rings is 2. The lowest BCUT2D eigenvalue weighted by Crippen LogP contribution is -2.27. The first-order chi connectivity index (χ1) is 15.9. The van der Waals surface area contributed by atoms with Gasteiger partial charge >= 0.3 is 6.09 Å². The van der Waals surface area contributed by atoms with Crippen LogP contribution in [0.25, 0.3) is 0 Å². The van der Waals surface area contributed by atoms with Crippen molar-refractivity contribution in [2.75, 3.05) is 10.6 Å². The van der Waals surface area contributed by atoms with Gasteiger partial charge in [-0.2, -0.15) is 0 Å². The maximum Gasteiger partial charge on any atom is 0.412 e. The van der Waals surface area contributed by atoms with E-state index in [-0.39, 0.29) is 33.5 Å². The van der Waals surface area contributed by atoms with E-state index in [2.05, 4.69) is 15.6 Å². The zero-order valence-electron chi connectivity index (χ0n) is 18.2. The third kappa shape index (κ3) is 6.55. The largest absolute Gasteiger partial charge is 0.455 e. The van der Waals surface area contributed by atoms with E-state index in [0.29, 0.717) is 5.02 Å². The summed E-state index contributed by atoms with van der Waals surface area (Å²) in [5.74, 6) is -2.99. The Labute approximate surface area is 204 Å². The van der Waals surface area contributed by atoms with Crippen LogP contribution in [-0.4, -0.2) is 22.6 Å². The van der Waals surface area contributed by atoms with E-state index < -0.39 is 29.2 Å². The summed E-state index contributed by atoms with van der Waals surface area (Å²) in [7, 11) is 0. The van der Waals surface area contributed by atoms with Crippen molar-refractivity contribution >= 4 is 46.6 Å². The number of nitrogens with zero attached hydrogens (tertiary/aromatic N) is 1. The lowest BCUT2D eigenvalue weighted by atomic mass is 10.2. The Morgan fingerprint density at radius 1 is 0.941 bits per heavy atom. The van der Waals surface area contributed by atoms with Gasteiger partial charge in [-0.1, -0.05) is 23.2 Å². The van der Waals surface area contributed by atoms with E-state index in [1.807, 2.05) is 0 Å². The Balaban J connectivity index is 1.89. The number of aromatic nitrogens is 1. The number of hydrogen-bond donors (Lipinski definition) is 2. The molecule has 3 rings (SSSR count). The number of halogens is 4. The standard InChI is InChI=1S/C23H19Cl2F2N3O4/c1-23(2,3)34-22(32)30-18-10-16(27)15(26)9-17(18)29-21(31)13-11-28-7-6-19(13)33-20-8-12(24)4-5-14(20)25/h4-11H,1-3H3,(H,29,31)(H,30,32). The molecule has 0 atom stereocenters. The molecule has 0 radical (unpaired) electrons. The van der Waals surface area contributed by atoms with Gasteiger partial charge in [-0.25, -0.2) is 13.6 Å². The number of anilines is 2. The summed E-state index contributed by atoms with van der Waals surface area (Å²) in [6.45, 7) is 4.91. The van der Waals surface area contributed by atoms with E-state index in [1.165, 1.54) is 30.6 Å². The van der Waals surface area contributed by atoms with Crippen molar-refractivity contribution in [2.45, 2.75) is 26.4 Å². The number of rotatable bonds is 5. The van der Waals surface area contributed by atoms with Crippen LogP contribution >= 0.6 is 23.2 Å². The molecule has 7 nitrogen and oxygen atoms in total. The molecule has 0 fully saturated rings. The minimum absolute atomic E-state index is 0.0495. The van der Waals surface area contributed by atoms with Crippen molar-refractivity contribution in [1.29, 1.82) is 0 Å². The highest BCUT2D eigenvalue weighted by molar-refractivity contribution is 6.34. The van der Waals surface area contributed by atoms with Crippen LogP contribution in [0.3, 0.4) is 0 Å². The van der Waals surface area contributed by atoms with Gasteiger partial charge in [0.2, 0.25) is 0 Å². The molecule has 178 valence electrons. The van der Waals surface area contributed by atoms with E-state index in [1.54, 1.807) is 26.8 Å². The average molecular weight is 510 g/mol. The zero-order chi connectivity index (χ0) is 25.0. The SMILES string of the molecule is CC(C)(C)OC(=O)Nc1cc(F)c(F)cc1NC(=O)c1cnccc1Oc1cc(Cl)ccc1Cl. The molecule has 0 aliphatic carbocycles. The van der Waals surface area contributed by atoms with Crippen molar-refractivity contribution in [2.24, 2.45) is 0 Å². The summed E-state index contributed by atoms with van der Waals surface area (Å²) in [4.78, 5) is 29.0. The predicted molar refractivity (Wildman–Crippen MR) is 125 cm³/mol. The molecule has 2 aromatic carbocycles. The van der Waals surface area contributed by atoms with E-state index in [4.69, 9.17) is 32.7 Å². The minimum Gasteiger partial charge on any atom is -0.455 e. The predicted octanol–water partition coefficient (Wildman–Crippen LogP) is 7.06. The van der Waals surface area contributed by atoms with Crippen LogP contribution in [0.15, 0.2) is 48.8 Å². The van der Waals surface area contributed by atoms with Crippen molar-refractivity contribution in [3.8, 4) is 11.5 Å². The highest BCUT2D eigenvalue weighted by Gasteiger charge is 2.21. The van der Waals surface area contributed by atoms with Crippen LogP contribution in [0.2, 0.25) is 10.0 Å². The normalized spacial score (nSPS) is 11.0. The number of carbonyl (C=O) groups is 2. The lowest BCUT2D eigenvalue weighted by Gasteiger charge is -2.20. The molecular weight excluding hydrogens is 491 g/mol. The number of pyridine rings is 1. The van der Waals surface area contributed by atoms with Crippen LogP contribution in [0, 0.1) is 11.6 Å². The maximum absolute atomic E-state index is 13.9. The van der Waals surface area contributed by atoms with Crippen molar-refractivity contribution in [1.82, 2.24) is 4.98 Å². The quantitative estimate of drug-likeness (QED) is 0.384. The number of hydrogen-bond acceptors (Lipinski definition) is 5. The Morgan fingerprint density at radius 2 is 1.59 bits per heavy atom. The topological polar surface area (TPSA) is 89.6 Å². The molecule has 2 amide bonds. The third-order valence-electron chi connectivity index (χ3n) is 4.08. The summed E-state index contributed by atoms with van der Waals surface area (Å²) < 4.78 is 38.6. The van der Waals surface area contributed by atoms with Gasteiger partial charge in [0.05, 0.1) is 16.4 Å². The smallest absolute Gasteiger partial charge is 0.412 e. The van der Waals surface area contributed by atoms with Crippen LogP contribution in [0.5, 0.6) is 11.5 Å². The zero-order valence-corrected chi connectivity index (χ0v) is 19.7. The fourth-order valence-electron chi connectivity index (χ4n) is 2.67. The van der Waals surface area contributed by atoms with Gasteiger partial charge in [-0.3, -0.25) is 15.1 Å². The molecule has 0 bridgehead atoms. The Morgan fingerprint density at radius 3 is 2.24 bits per heavy atom. The number of amides is 2. The monoisotopic (exact) mass is 509 g/mol. The Kier molecular flexibility index (Phi) is 7.58. The minimum atomic E-state index is -1.24. The second kappa shape index (κ2) is 10.2. The van der Waals surface area contributed by atoms with E-state index >= 15 is 0 Å². The van der Waals surface area contributed by atoms with Gasteiger partial charge in [-0.05, 0) is 39.0 Å². The highest BCUT2D eigenvalue weighted by atomic mass is 35.5. The second-order valence-corrected chi connectivity index (χ2v) is 8.79.